The number of nitrogens with zero attached hydrogens (tertiary/aromatic N) is 1. The van der Waals surface area contributed by atoms with Crippen LogP contribution in [0.2, 0.25) is 0 Å². The molecule has 1 aliphatic rings. The van der Waals surface area contributed by atoms with Crippen LogP contribution in [-0.2, 0) is 10.0 Å². The van der Waals surface area contributed by atoms with Gasteiger partial charge < -0.3 is 4.98 Å². The van der Waals surface area contributed by atoms with E-state index in [-0.39, 0.29) is 10.5 Å². The molecule has 3 N–H and O–H groups in total. The first-order valence-corrected chi connectivity index (χ1v) is 10.7. The first kappa shape index (κ1) is 19.2. The summed E-state index contributed by atoms with van der Waals surface area (Å²) in [5, 5.41) is 0.879. The minimum atomic E-state index is -3.62. The van der Waals surface area contributed by atoms with Gasteiger partial charge in [-0.1, -0.05) is 24.3 Å². The molecule has 1 fully saturated rings. The molecule has 1 aliphatic heterocycles. The molecule has 2 aromatic carbocycles. The van der Waals surface area contributed by atoms with Crippen molar-refractivity contribution in [1.29, 1.82) is 0 Å². The number of amides is 2. The number of para-hydroxylation sites is 1. The van der Waals surface area contributed by atoms with Crippen LogP contribution in [0.1, 0.15) is 33.7 Å². The van der Waals surface area contributed by atoms with Gasteiger partial charge in [-0.25, -0.2) is 8.42 Å². The quantitative estimate of drug-likeness (QED) is 0.569. The molecule has 2 heterocycles. The van der Waals surface area contributed by atoms with Crippen molar-refractivity contribution in [2.24, 2.45) is 0 Å². The molecule has 0 radical (unpaired) electrons. The van der Waals surface area contributed by atoms with Crippen LogP contribution in [0, 0.1) is 0 Å². The fourth-order valence-electron chi connectivity index (χ4n) is 3.32. The third-order valence-electron chi connectivity index (χ3n) is 4.86. The van der Waals surface area contributed by atoms with Gasteiger partial charge in [-0.2, -0.15) is 4.31 Å². The van der Waals surface area contributed by atoms with Gasteiger partial charge in [0.2, 0.25) is 10.0 Å². The average molecular weight is 412 g/mol. The highest BCUT2D eigenvalue weighted by atomic mass is 32.2. The van der Waals surface area contributed by atoms with E-state index in [0.29, 0.717) is 18.8 Å². The van der Waals surface area contributed by atoms with Crippen LogP contribution < -0.4 is 10.9 Å². The Balaban J connectivity index is 1.45. The number of hydrogen-bond donors (Lipinski definition) is 3. The summed E-state index contributed by atoms with van der Waals surface area (Å²) in [7, 11) is -3.62. The summed E-state index contributed by atoms with van der Waals surface area (Å²) in [5.41, 5.74) is 5.92. The number of aromatic amines is 1. The summed E-state index contributed by atoms with van der Waals surface area (Å²) in [6.45, 7) is 0.971. The minimum absolute atomic E-state index is 0.0639. The molecule has 3 aromatic rings. The van der Waals surface area contributed by atoms with Crippen molar-refractivity contribution in [2.75, 3.05) is 13.1 Å². The van der Waals surface area contributed by atoms with Crippen LogP contribution in [0.4, 0.5) is 0 Å². The van der Waals surface area contributed by atoms with E-state index < -0.39 is 21.8 Å². The summed E-state index contributed by atoms with van der Waals surface area (Å²) in [5.74, 6) is -1.11. The summed E-state index contributed by atoms with van der Waals surface area (Å²) in [6, 6.07) is 14.9. The normalized spacial score (nSPS) is 14.8. The van der Waals surface area contributed by atoms with Crippen molar-refractivity contribution in [1.82, 2.24) is 20.1 Å². The van der Waals surface area contributed by atoms with Gasteiger partial charge in [0.05, 0.1) is 4.90 Å². The van der Waals surface area contributed by atoms with E-state index in [0.717, 1.165) is 23.7 Å². The smallest absolute Gasteiger partial charge is 0.286 e. The lowest BCUT2D eigenvalue weighted by molar-refractivity contribution is 0.0844. The van der Waals surface area contributed by atoms with Crippen molar-refractivity contribution < 1.29 is 18.0 Å². The van der Waals surface area contributed by atoms with E-state index >= 15 is 0 Å². The Morgan fingerprint density at radius 2 is 1.62 bits per heavy atom. The molecule has 0 spiro atoms. The molecule has 29 heavy (non-hydrogen) atoms. The number of hydrazine groups is 1. The van der Waals surface area contributed by atoms with E-state index in [1.54, 1.807) is 6.07 Å². The molecule has 1 aromatic heterocycles. The maximum Gasteiger partial charge on any atom is 0.286 e. The predicted molar refractivity (Wildman–Crippen MR) is 108 cm³/mol. The highest BCUT2D eigenvalue weighted by Gasteiger charge is 2.27. The van der Waals surface area contributed by atoms with Gasteiger partial charge in [-0.15, -0.1) is 0 Å². The fraction of sp³-hybridized carbons (Fsp3) is 0.200. The predicted octanol–water partition coefficient (Wildman–Crippen LogP) is 2.03. The lowest BCUT2D eigenvalue weighted by Gasteiger charge is -2.16. The molecule has 1 saturated heterocycles. The highest BCUT2D eigenvalue weighted by Crippen LogP contribution is 2.21. The fourth-order valence-corrected chi connectivity index (χ4v) is 4.89. The monoisotopic (exact) mass is 412 g/mol. The minimum Gasteiger partial charge on any atom is -0.350 e. The molecule has 0 unspecified atom stereocenters. The van der Waals surface area contributed by atoms with Crippen molar-refractivity contribution in [3.63, 3.8) is 0 Å². The molecule has 0 aliphatic carbocycles. The molecular formula is C20H20N4O4S. The SMILES string of the molecule is O=C(NNC(=O)c1cc2ccccc2[nH]1)c1cccc(S(=O)(=O)N2CCCC2)c1. The molecule has 0 saturated carbocycles. The Kier molecular flexibility index (Phi) is 5.08. The number of hydrogen-bond acceptors (Lipinski definition) is 4. The Morgan fingerprint density at radius 1 is 0.897 bits per heavy atom. The van der Waals surface area contributed by atoms with Crippen LogP contribution in [0.3, 0.4) is 0 Å². The second-order valence-electron chi connectivity index (χ2n) is 6.82. The molecular weight excluding hydrogens is 392 g/mol. The first-order valence-electron chi connectivity index (χ1n) is 9.24. The second kappa shape index (κ2) is 7.69. The van der Waals surface area contributed by atoms with E-state index in [1.165, 1.54) is 28.6 Å². The molecule has 150 valence electrons. The third kappa shape index (κ3) is 3.87. The third-order valence-corrected chi connectivity index (χ3v) is 6.76. The molecule has 4 rings (SSSR count). The molecule has 8 nitrogen and oxygen atoms in total. The van der Waals surface area contributed by atoms with Crippen molar-refractivity contribution >= 4 is 32.7 Å². The summed E-state index contributed by atoms with van der Waals surface area (Å²) >= 11 is 0. The maximum absolute atomic E-state index is 12.7. The second-order valence-corrected chi connectivity index (χ2v) is 8.76. The van der Waals surface area contributed by atoms with E-state index in [1.807, 2.05) is 24.3 Å². The number of nitrogens with one attached hydrogen (secondary N) is 3. The number of carbonyl (C=O) groups excluding carboxylic acids is 2. The van der Waals surface area contributed by atoms with Crippen LogP contribution in [0.5, 0.6) is 0 Å². The van der Waals surface area contributed by atoms with Gasteiger partial charge in [0.15, 0.2) is 0 Å². The van der Waals surface area contributed by atoms with Gasteiger partial charge in [0.1, 0.15) is 5.69 Å². The van der Waals surface area contributed by atoms with Crippen LogP contribution in [0.15, 0.2) is 59.5 Å². The lowest BCUT2D eigenvalue weighted by atomic mass is 10.2. The Labute approximate surface area is 167 Å². The van der Waals surface area contributed by atoms with Gasteiger partial charge in [-0.05, 0) is 43.2 Å². The number of carbonyl (C=O) groups is 2. The largest absolute Gasteiger partial charge is 0.350 e. The van der Waals surface area contributed by atoms with Crippen molar-refractivity contribution in [3.8, 4) is 0 Å². The number of aromatic nitrogens is 1. The Bertz CT molecular complexity index is 1150. The number of benzene rings is 2. The maximum atomic E-state index is 12.7. The zero-order chi connectivity index (χ0) is 20.4. The Hall–Kier alpha value is -3.17. The summed E-state index contributed by atoms with van der Waals surface area (Å²) in [4.78, 5) is 27.7. The number of sulfonamides is 1. The van der Waals surface area contributed by atoms with E-state index in [4.69, 9.17) is 0 Å². The summed E-state index contributed by atoms with van der Waals surface area (Å²) in [6.07, 6.45) is 1.67. The van der Waals surface area contributed by atoms with Crippen LogP contribution in [0.25, 0.3) is 10.9 Å². The topological polar surface area (TPSA) is 111 Å². The van der Waals surface area contributed by atoms with Gasteiger partial charge in [0, 0.05) is 29.6 Å². The highest BCUT2D eigenvalue weighted by molar-refractivity contribution is 7.89. The summed E-state index contributed by atoms with van der Waals surface area (Å²) < 4.78 is 26.8. The van der Waals surface area contributed by atoms with Gasteiger partial charge >= 0.3 is 0 Å². The number of fused-ring (bicyclic) bond motifs is 1. The van der Waals surface area contributed by atoms with Crippen LogP contribution >= 0.6 is 0 Å². The Morgan fingerprint density at radius 3 is 2.38 bits per heavy atom. The molecule has 0 bridgehead atoms. The van der Waals surface area contributed by atoms with Crippen LogP contribution in [-0.4, -0.2) is 42.6 Å². The number of rotatable bonds is 4. The number of H-pyrrole nitrogens is 1. The zero-order valence-corrected chi connectivity index (χ0v) is 16.3. The van der Waals surface area contributed by atoms with Gasteiger partial charge in [-0.3, -0.25) is 20.4 Å². The van der Waals surface area contributed by atoms with Gasteiger partial charge in [0.25, 0.3) is 11.8 Å². The molecule has 2 amide bonds. The van der Waals surface area contributed by atoms with E-state index in [2.05, 4.69) is 15.8 Å². The zero-order valence-electron chi connectivity index (χ0n) is 15.5. The van der Waals surface area contributed by atoms with Crippen molar-refractivity contribution in [2.45, 2.75) is 17.7 Å². The molecule has 0 atom stereocenters. The lowest BCUT2D eigenvalue weighted by Crippen LogP contribution is -2.41. The van der Waals surface area contributed by atoms with E-state index in [9.17, 15) is 18.0 Å². The standard InChI is InChI=1S/C20H20N4O4S/c25-19(22-23-20(26)18-13-14-6-1-2-9-17(14)21-18)15-7-5-8-16(12-15)29(27,28)24-10-3-4-11-24/h1-2,5-9,12-13,21H,3-4,10-11H2,(H,22,25)(H,23,26). The molecule has 9 heteroatoms. The van der Waals surface area contributed by atoms with Crippen molar-refractivity contribution in [3.05, 3.63) is 65.9 Å². The average Bonchev–Trinajstić information content (AvgIpc) is 3.42. The first-order chi connectivity index (χ1) is 13.9.